The highest BCUT2D eigenvalue weighted by atomic mass is 32.7. The van der Waals surface area contributed by atoms with Gasteiger partial charge in [0.25, 0.3) is 0 Å². The maximum atomic E-state index is 11.5. The Balaban J connectivity index is 3.98. The molecule has 0 aliphatic rings. The van der Waals surface area contributed by atoms with Gasteiger partial charge in [-0.05, 0) is 13.8 Å². The van der Waals surface area contributed by atoms with Crippen molar-refractivity contribution in [2.45, 2.75) is 13.8 Å². The van der Waals surface area contributed by atoms with Crippen molar-refractivity contribution in [3.63, 3.8) is 0 Å². The number of carbonyl (C=O) groups is 1. The molecule has 1 N–H and O–H groups in total. The van der Waals surface area contributed by atoms with Crippen LogP contribution in [0.5, 0.6) is 0 Å². The average molecular weight is 213 g/mol. The minimum Gasteiger partial charge on any atom is -0.300 e. The minimum atomic E-state index is -3.16. The van der Waals surface area contributed by atoms with E-state index in [9.17, 15) is 9.36 Å². The number of amides is 1. The van der Waals surface area contributed by atoms with Crippen LogP contribution in [0.4, 0.5) is 0 Å². The van der Waals surface area contributed by atoms with Crippen LogP contribution in [0.3, 0.4) is 0 Å². The largest absolute Gasteiger partial charge is 0.409 e. The maximum Gasteiger partial charge on any atom is 0.409 e. The monoisotopic (exact) mass is 213 g/mol. The van der Waals surface area contributed by atoms with Gasteiger partial charge in [0.2, 0.25) is 6.41 Å². The molecule has 12 heavy (non-hydrogen) atoms. The molecule has 0 saturated heterocycles. The zero-order valence-corrected chi connectivity index (χ0v) is 8.69. The van der Waals surface area contributed by atoms with E-state index >= 15 is 0 Å². The first-order valence-corrected chi connectivity index (χ1v) is 6.41. The highest BCUT2D eigenvalue weighted by Gasteiger charge is 2.24. The van der Waals surface area contributed by atoms with Crippen LogP contribution in [-0.2, 0) is 18.4 Å². The summed E-state index contributed by atoms with van der Waals surface area (Å²) in [5.41, 5.74) is 0. The Kier molecular flexibility index (Phi) is 6.47. The van der Waals surface area contributed by atoms with E-state index in [0.29, 0.717) is 18.0 Å². The summed E-state index contributed by atoms with van der Waals surface area (Å²) in [6.45, 7) is 0.807. The van der Waals surface area contributed by atoms with Gasteiger partial charge in [-0.25, -0.2) is 4.57 Å². The van der Waals surface area contributed by atoms with Crippen molar-refractivity contribution < 1.29 is 18.4 Å². The van der Waals surface area contributed by atoms with Gasteiger partial charge in [-0.15, -0.1) is 0 Å². The lowest BCUT2D eigenvalue weighted by Gasteiger charge is -2.13. The molecule has 0 atom stereocenters. The van der Waals surface area contributed by atoms with Crippen molar-refractivity contribution in [1.82, 2.24) is 4.72 Å². The molecule has 5 nitrogen and oxygen atoms in total. The van der Waals surface area contributed by atoms with E-state index in [-0.39, 0.29) is 13.2 Å². The highest BCUT2D eigenvalue weighted by molar-refractivity contribution is 8.54. The van der Waals surface area contributed by atoms with Crippen LogP contribution in [0.15, 0.2) is 0 Å². The molecule has 0 aromatic rings. The van der Waals surface area contributed by atoms with Crippen LogP contribution >= 0.6 is 18.4 Å². The van der Waals surface area contributed by atoms with Gasteiger partial charge in [-0.1, -0.05) is 0 Å². The van der Waals surface area contributed by atoms with Crippen molar-refractivity contribution in [2.75, 3.05) is 13.2 Å². The van der Waals surface area contributed by atoms with Crippen LogP contribution in [-0.4, -0.2) is 19.6 Å². The molecule has 0 aromatic heterocycles. The second kappa shape index (κ2) is 6.48. The molecule has 0 rings (SSSR count). The zero-order chi connectivity index (χ0) is 9.45. The Morgan fingerprint density at radius 3 is 2.25 bits per heavy atom. The summed E-state index contributed by atoms with van der Waals surface area (Å²) < 4.78 is 23.3. The molecule has 0 unspecified atom stereocenters. The maximum absolute atomic E-state index is 11.5. The van der Waals surface area contributed by atoms with E-state index in [4.69, 9.17) is 9.05 Å². The molecule has 0 aliphatic heterocycles. The summed E-state index contributed by atoms with van der Waals surface area (Å²) in [6.07, 6.45) is 0.426. The van der Waals surface area contributed by atoms with E-state index in [0.717, 1.165) is 0 Å². The van der Waals surface area contributed by atoms with Gasteiger partial charge in [-0.3, -0.25) is 18.6 Å². The van der Waals surface area contributed by atoms with Crippen LogP contribution < -0.4 is 4.72 Å². The predicted molar refractivity (Wildman–Crippen MR) is 47.6 cm³/mol. The standard InChI is InChI=1S/C5H12NO4PS/c1-3-9-11(8,10-4-2)12-6-5-7/h5H,3-4H2,1-2H3,(H,6,7). The van der Waals surface area contributed by atoms with E-state index in [1.54, 1.807) is 13.8 Å². The second-order valence-electron chi connectivity index (χ2n) is 1.61. The SMILES string of the molecule is CCOP(=O)(OCC)SNC=O. The fraction of sp³-hybridized carbons (Fsp3) is 0.800. The van der Waals surface area contributed by atoms with Crippen molar-refractivity contribution in [3.05, 3.63) is 0 Å². The molecule has 0 radical (unpaired) electrons. The fourth-order valence-corrected chi connectivity index (χ4v) is 2.94. The Hall–Kier alpha value is -0.0300. The summed E-state index contributed by atoms with van der Waals surface area (Å²) in [4.78, 5) is 9.90. The molecule has 72 valence electrons. The first-order chi connectivity index (χ1) is 5.68. The lowest BCUT2D eigenvalue weighted by Crippen LogP contribution is -2.01. The van der Waals surface area contributed by atoms with E-state index < -0.39 is 6.80 Å². The molecule has 0 fully saturated rings. The van der Waals surface area contributed by atoms with Gasteiger partial charge in [0, 0.05) is 0 Å². The van der Waals surface area contributed by atoms with Gasteiger partial charge >= 0.3 is 6.80 Å². The summed E-state index contributed by atoms with van der Waals surface area (Å²) in [7, 11) is 0. The Labute approximate surface area is 75.6 Å². The Morgan fingerprint density at radius 2 is 1.92 bits per heavy atom. The van der Waals surface area contributed by atoms with Crippen LogP contribution in [0.1, 0.15) is 13.8 Å². The van der Waals surface area contributed by atoms with Gasteiger partial charge in [0.05, 0.1) is 24.8 Å². The van der Waals surface area contributed by atoms with Crippen LogP contribution in [0, 0.1) is 0 Å². The number of carbonyl (C=O) groups excluding carboxylic acids is 1. The minimum absolute atomic E-state index is 0.283. The van der Waals surface area contributed by atoms with Crippen molar-refractivity contribution in [3.8, 4) is 0 Å². The van der Waals surface area contributed by atoms with Crippen molar-refractivity contribution >= 4 is 24.8 Å². The molecule has 1 amide bonds. The topological polar surface area (TPSA) is 64.6 Å². The number of nitrogens with one attached hydrogen (secondary N) is 1. The average Bonchev–Trinajstić information content (AvgIpc) is 2.02. The van der Waals surface area contributed by atoms with Gasteiger partial charge in [0.15, 0.2) is 0 Å². The molecular weight excluding hydrogens is 201 g/mol. The number of hydrogen-bond donors (Lipinski definition) is 1. The molecule has 7 heteroatoms. The van der Waals surface area contributed by atoms with E-state index in [1.807, 2.05) is 0 Å². The Morgan fingerprint density at radius 1 is 1.42 bits per heavy atom. The predicted octanol–water partition coefficient (Wildman–Crippen LogP) is 1.56. The molecule has 0 saturated carbocycles. The third-order valence-corrected chi connectivity index (χ3v) is 3.98. The number of rotatable bonds is 7. The van der Waals surface area contributed by atoms with Gasteiger partial charge in [0.1, 0.15) is 0 Å². The summed E-state index contributed by atoms with van der Waals surface area (Å²) in [5, 5.41) is 0. The van der Waals surface area contributed by atoms with Gasteiger partial charge < -0.3 is 0 Å². The van der Waals surface area contributed by atoms with Crippen LogP contribution in [0.2, 0.25) is 0 Å². The van der Waals surface area contributed by atoms with E-state index in [2.05, 4.69) is 4.72 Å². The molecule has 0 bridgehead atoms. The molecule has 0 spiro atoms. The number of hydrogen-bond acceptors (Lipinski definition) is 5. The van der Waals surface area contributed by atoms with E-state index in [1.165, 1.54) is 0 Å². The Bertz CT molecular complexity index is 167. The lowest BCUT2D eigenvalue weighted by molar-refractivity contribution is -0.107. The smallest absolute Gasteiger partial charge is 0.300 e. The first kappa shape index (κ1) is 12.0. The molecule has 0 heterocycles. The molecule has 0 aromatic carbocycles. The molecule has 0 aliphatic carbocycles. The third-order valence-electron chi connectivity index (χ3n) is 0.787. The zero-order valence-electron chi connectivity index (χ0n) is 6.98. The third kappa shape index (κ3) is 4.77. The summed E-state index contributed by atoms with van der Waals surface area (Å²) in [5.74, 6) is 0. The highest BCUT2D eigenvalue weighted by Crippen LogP contribution is 2.58. The quantitative estimate of drug-likeness (QED) is 0.395. The molecular formula is C5H12NO4PS. The fourth-order valence-electron chi connectivity index (χ4n) is 0.492. The van der Waals surface area contributed by atoms with Gasteiger partial charge in [-0.2, -0.15) is 0 Å². The van der Waals surface area contributed by atoms with Crippen molar-refractivity contribution in [1.29, 1.82) is 0 Å². The normalized spacial score (nSPS) is 11.2. The first-order valence-electron chi connectivity index (χ1n) is 3.45. The summed E-state index contributed by atoms with van der Waals surface area (Å²) >= 11 is 0.666. The van der Waals surface area contributed by atoms with Crippen LogP contribution in [0.25, 0.3) is 0 Å². The second-order valence-corrected chi connectivity index (χ2v) is 5.33. The van der Waals surface area contributed by atoms with Crippen molar-refractivity contribution in [2.24, 2.45) is 0 Å². The summed E-state index contributed by atoms with van der Waals surface area (Å²) in [6, 6.07) is 0. The lowest BCUT2D eigenvalue weighted by atomic mass is 10.9.